The highest BCUT2D eigenvalue weighted by Crippen LogP contribution is 2.37. The van der Waals surface area contributed by atoms with Crippen molar-refractivity contribution in [1.29, 1.82) is 0 Å². The SMILES string of the molecule is Cc1cc(C)nc(NC2(CO)CC2)n1. The molecule has 14 heavy (non-hydrogen) atoms. The summed E-state index contributed by atoms with van der Waals surface area (Å²) in [5.41, 5.74) is 1.77. The van der Waals surface area contributed by atoms with E-state index in [4.69, 9.17) is 5.11 Å². The number of aliphatic hydroxyl groups is 1. The van der Waals surface area contributed by atoms with Gasteiger partial charge >= 0.3 is 0 Å². The van der Waals surface area contributed by atoms with Crippen molar-refractivity contribution >= 4 is 5.95 Å². The van der Waals surface area contributed by atoms with Gasteiger partial charge in [-0.25, -0.2) is 9.97 Å². The van der Waals surface area contributed by atoms with E-state index < -0.39 is 0 Å². The van der Waals surface area contributed by atoms with Gasteiger partial charge in [0.15, 0.2) is 0 Å². The molecular weight excluding hydrogens is 178 g/mol. The average Bonchev–Trinajstić information content (AvgIpc) is 2.83. The zero-order valence-corrected chi connectivity index (χ0v) is 8.54. The van der Waals surface area contributed by atoms with Gasteiger partial charge in [0.1, 0.15) is 0 Å². The van der Waals surface area contributed by atoms with Crippen molar-refractivity contribution < 1.29 is 5.11 Å². The number of hydrogen-bond acceptors (Lipinski definition) is 4. The second-order valence-electron chi connectivity index (χ2n) is 4.04. The van der Waals surface area contributed by atoms with Crippen molar-refractivity contribution in [3.05, 3.63) is 17.5 Å². The molecule has 0 amide bonds. The molecule has 1 fully saturated rings. The number of anilines is 1. The lowest BCUT2D eigenvalue weighted by Gasteiger charge is -2.14. The van der Waals surface area contributed by atoms with Crippen LogP contribution in [0.2, 0.25) is 0 Å². The van der Waals surface area contributed by atoms with Gasteiger partial charge in [0.25, 0.3) is 0 Å². The molecule has 0 bridgehead atoms. The van der Waals surface area contributed by atoms with Crippen molar-refractivity contribution in [2.45, 2.75) is 32.2 Å². The summed E-state index contributed by atoms with van der Waals surface area (Å²) < 4.78 is 0. The van der Waals surface area contributed by atoms with Gasteiger partial charge < -0.3 is 10.4 Å². The third-order valence-corrected chi connectivity index (χ3v) is 2.52. The van der Waals surface area contributed by atoms with Gasteiger partial charge in [-0.15, -0.1) is 0 Å². The predicted octanol–water partition coefficient (Wildman–Crippen LogP) is 1.03. The van der Waals surface area contributed by atoms with E-state index in [9.17, 15) is 0 Å². The Balaban J connectivity index is 2.16. The Kier molecular flexibility index (Phi) is 2.15. The van der Waals surface area contributed by atoms with E-state index in [0.29, 0.717) is 5.95 Å². The summed E-state index contributed by atoms with van der Waals surface area (Å²) in [5, 5.41) is 12.3. The lowest BCUT2D eigenvalue weighted by atomic mass is 10.3. The number of rotatable bonds is 3. The Hall–Kier alpha value is -1.16. The molecule has 2 rings (SSSR count). The van der Waals surface area contributed by atoms with Gasteiger partial charge in [0, 0.05) is 11.4 Å². The van der Waals surface area contributed by atoms with Crippen molar-refractivity contribution in [2.24, 2.45) is 0 Å². The Morgan fingerprint density at radius 2 is 1.93 bits per heavy atom. The molecule has 1 aliphatic rings. The van der Waals surface area contributed by atoms with Crippen LogP contribution in [0, 0.1) is 13.8 Å². The molecule has 0 aliphatic heterocycles. The van der Waals surface area contributed by atoms with Crippen LogP contribution in [0.25, 0.3) is 0 Å². The molecule has 1 aromatic heterocycles. The standard InChI is InChI=1S/C10H15N3O/c1-7-5-8(2)12-9(11-7)13-10(6-14)3-4-10/h5,14H,3-4,6H2,1-2H3,(H,11,12,13). The summed E-state index contributed by atoms with van der Waals surface area (Å²) in [6, 6.07) is 1.93. The summed E-state index contributed by atoms with van der Waals surface area (Å²) in [6.45, 7) is 4.04. The largest absolute Gasteiger partial charge is 0.394 e. The van der Waals surface area contributed by atoms with Crippen molar-refractivity contribution in [1.82, 2.24) is 9.97 Å². The first-order valence-electron chi connectivity index (χ1n) is 4.85. The monoisotopic (exact) mass is 193 g/mol. The number of nitrogens with one attached hydrogen (secondary N) is 1. The highest BCUT2D eigenvalue weighted by Gasteiger charge is 2.42. The van der Waals surface area contributed by atoms with Crippen LogP contribution in [0.3, 0.4) is 0 Å². The predicted molar refractivity (Wildman–Crippen MR) is 54.2 cm³/mol. The molecule has 0 saturated heterocycles. The lowest BCUT2D eigenvalue weighted by molar-refractivity contribution is 0.265. The van der Waals surface area contributed by atoms with E-state index >= 15 is 0 Å². The van der Waals surface area contributed by atoms with Gasteiger partial charge in [0.2, 0.25) is 5.95 Å². The third kappa shape index (κ3) is 1.85. The smallest absolute Gasteiger partial charge is 0.223 e. The molecule has 0 atom stereocenters. The topological polar surface area (TPSA) is 58.0 Å². The van der Waals surface area contributed by atoms with E-state index in [0.717, 1.165) is 24.2 Å². The van der Waals surface area contributed by atoms with E-state index in [1.54, 1.807) is 0 Å². The maximum absolute atomic E-state index is 9.14. The second kappa shape index (κ2) is 3.20. The van der Waals surface area contributed by atoms with Gasteiger partial charge in [-0.2, -0.15) is 0 Å². The molecule has 2 N–H and O–H groups in total. The van der Waals surface area contributed by atoms with Gasteiger partial charge in [-0.05, 0) is 32.8 Å². The van der Waals surface area contributed by atoms with E-state index in [1.165, 1.54) is 0 Å². The molecule has 4 nitrogen and oxygen atoms in total. The van der Waals surface area contributed by atoms with Crippen LogP contribution in [-0.4, -0.2) is 27.2 Å². The lowest BCUT2D eigenvalue weighted by Crippen LogP contribution is -2.27. The Labute approximate surface area is 83.4 Å². The summed E-state index contributed by atoms with van der Waals surface area (Å²) in [7, 11) is 0. The molecule has 0 spiro atoms. The molecule has 1 heterocycles. The Morgan fingerprint density at radius 1 is 1.36 bits per heavy atom. The van der Waals surface area contributed by atoms with E-state index in [-0.39, 0.29) is 12.1 Å². The number of aliphatic hydroxyl groups excluding tert-OH is 1. The van der Waals surface area contributed by atoms with Crippen molar-refractivity contribution in [3.8, 4) is 0 Å². The van der Waals surface area contributed by atoms with Crippen LogP contribution < -0.4 is 5.32 Å². The van der Waals surface area contributed by atoms with Gasteiger partial charge in [0.05, 0.1) is 12.1 Å². The Bertz CT molecular complexity index is 327. The molecule has 0 unspecified atom stereocenters. The minimum atomic E-state index is -0.139. The number of aromatic nitrogens is 2. The molecule has 0 radical (unpaired) electrons. The first kappa shape index (κ1) is 9.40. The molecule has 0 aromatic carbocycles. The highest BCUT2D eigenvalue weighted by molar-refractivity contribution is 5.35. The second-order valence-corrected chi connectivity index (χ2v) is 4.04. The quantitative estimate of drug-likeness (QED) is 0.752. The molecule has 4 heteroatoms. The average molecular weight is 193 g/mol. The van der Waals surface area contributed by atoms with Crippen molar-refractivity contribution in [3.63, 3.8) is 0 Å². The molecular formula is C10H15N3O. The fraction of sp³-hybridized carbons (Fsp3) is 0.600. The first-order chi connectivity index (χ1) is 6.63. The molecule has 1 saturated carbocycles. The molecule has 1 aliphatic carbocycles. The summed E-state index contributed by atoms with van der Waals surface area (Å²) in [5.74, 6) is 0.633. The molecule has 76 valence electrons. The third-order valence-electron chi connectivity index (χ3n) is 2.52. The summed E-state index contributed by atoms with van der Waals surface area (Å²) in [6.07, 6.45) is 2.00. The van der Waals surface area contributed by atoms with E-state index in [2.05, 4.69) is 15.3 Å². The van der Waals surface area contributed by atoms with Crippen LogP contribution in [0.5, 0.6) is 0 Å². The first-order valence-corrected chi connectivity index (χ1v) is 4.85. The maximum Gasteiger partial charge on any atom is 0.223 e. The zero-order chi connectivity index (χ0) is 10.2. The number of nitrogens with zero attached hydrogens (tertiary/aromatic N) is 2. The number of aryl methyl sites for hydroxylation is 2. The number of hydrogen-bond donors (Lipinski definition) is 2. The minimum Gasteiger partial charge on any atom is -0.394 e. The van der Waals surface area contributed by atoms with Crippen LogP contribution in [0.15, 0.2) is 6.07 Å². The fourth-order valence-corrected chi connectivity index (χ4v) is 1.49. The van der Waals surface area contributed by atoms with Crippen molar-refractivity contribution in [2.75, 3.05) is 11.9 Å². The minimum absolute atomic E-state index is 0.139. The Morgan fingerprint density at radius 3 is 2.36 bits per heavy atom. The van der Waals surface area contributed by atoms with Gasteiger partial charge in [-0.1, -0.05) is 0 Å². The van der Waals surface area contributed by atoms with Crippen LogP contribution >= 0.6 is 0 Å². The van der Waals surface area contributed by atoms with Crippen LogP contribution in [0.4, 0.5) is 5.95 Å². The zero-order valence-electron chi connectivity index (χ0n) is 8.54. The summed E-state index contributed by atoms with van der Waals surface area (Å²) in [4.78, 5) is 8.55. The fourth-order valence-electron chi connectivity index (χ4n) is 1.49. The normalized spacial score (nSPS) is 17.9. The molecule has 1 aromatic rings. The highest BCUT2D eigenvalue weighted by atomic mass is 16.3. The van der Waals surface area contributed by atoms with Crippen LogP contribution in [-0.2, 0) is 0 Å². The van der Waals surface area contributed by atoms with Crippen LogP contribution in [0.1, 0.15) is 24.2 Å². The summed E-state index contributed by atoms with van der Waals surface area (Å²) >= 11 is 0. The van der Waals surface area contributed by atoms with E-state index in [1.807, 2.05) is 19.9 Å². The van der Waals surface area contributed by atoms with Gasteiger partial charge in [-0.3, -0.25) is 0 Å². The maximum atomic E-state index is 9.14.